The van der Waals surface area contributed by atoms with Crippen molar-refractivity contribution >= 4 is 48.1 Å². The number of carbonyl (C=O) groups is 6. The van der Waals surface area contributed by atoms with Gasteiger partial charge in [0.25, 0.3) is 0 Å². The van der Waals surface area contributed by atoms with Gasteiger partial charge < -0.3 is 43.4 Å². The highest BCUT2D eigenvalue weighted by Crippen LogP contribution is 2.00. The van der Waals surface area contributed by atoms with Gasteiger partial charge in [-0.15, -0.1) is 0 Å². The highest BCUT2D eigenvalue weighted by Gasteiger charge is 2.30. The number of aliphatic carboxylic acids is 1. The molecular weight excluding hydrogens is 424 g/mol. The molecule has 5 amide bonds. The molecule has 0 heterocycles. The topological polar surface area (TPSA) is 257 Å². The van der Waals surface area contributed by atoms with Crippen molar-refractivity contribution in [3.8, 4) is 0 Å². The molecule has 0 radical (unpaired) electrons. The van der Waals surface area contributed by atoms with E-state index >= 15 is 0 Å². The van der Waals surface area contributed by atoms with Crippen molar-refractivity contribution in [2.24, 2.45) is 17.2 Å². The highest BCUT2D eigenvalue weighted by atomic mass is 32.1. The first kappa shape index (κ1) is 27.1. The maximum atomic E-state index is 12.4. The van der Waals surface area contributed by atoms with Crippen molar-refractivity contribution in [1.29, 1.82) is 0 Å². The van der Waals surface area contributed by atoms with Crippen LogP contribution in [0.2, 0.25) is 0 Å². The van der Waals surface area contributed by atoms with Crippen LogP contribution >= 0.6 is 12.6 Å². The SMILES string of the molecule is NC(=O)CCC(N)C(=O)NC(CC(N)=O)C(=O)NC(CS)C(=O)NC(CO)C(=O)O. The van der Waals surface area contributed by atoms with E-state index in [1.54, 1.807) is 0 Å². The van der Waals surface area contributed by atoms with Crippen LogP contribution in [-0.4, -0.2) is 82.2 Å². The Balaban J connectivity index is 5.16. The second-order valence-electron chi connectivity index (χ2n) is 6.17. The summed E-state index contributed by atoms with van der Waals surface area (Å²) in [5.41, 5.74) is 15.6. The van der Waals surface area contributed by atoms with Crippen molar-refractivity contribution in [3.63, 3.8) is 0 Å². The van der Waals surface area contributed by atoms with Gasteiger partial charge in [0, 0.05) is 12.2 Å². The minimum atomic E-state index is -1.61. The average molecular weight is 450 g/mol. The van der Waals surface area contributed by atoms with Gasteiger partial charge in [0.1, 0.15) is 18.1 Å². The largest absolute Gasteiger partial charge is 0.480 e. The zero-order valence-electron chi connectivity index (χ0n) is 15.9. The third-order valence-corrected chi connectivity index (χ3v) is 4.05. The lowest BCUT2D eigenvalue weighted by Crippen LogP contribution is -2.58. The molecule has 0 aliphatic heterocycles. The second kappa shape index (κ2) is 13.3. The molecule has 0 aromatic heterocycles. The lowest BCUT2D eigenvalue weighted by atomic mass is 10.1. The number of aliphatic hydroxyl groups excluding tert-OH is 1. The third kappa shape index (κ3) is 10.0. The van der Waals surface area contributed by atoms with Gasteiger partial charge in [-0.1, -0.05) is 0 Å². The summed E-state index contributed by atoms with van der Waals surface area (Å²) in [7, 11) is 0. The summed E-state index contributed by atoms with van der Waals surface area (Å²) < 4.78 is 0. The van der Waals surface area contributed by atoms with Crippen LogP contribution in [0.25, 0.3) is 0 Å². The maximum Gasteiger partial charge on any atom is 0.328 e. The zero-order valence-corrected chi connectivity index (χ0v) is 16.8. The van der Waals surface area contributed by atoms with Crippen LogP contribution in [0.5, 0.6) is 0 Å². The zero-order chi connectivity index (χ0) is 23.4. The second-order valence-corrected chi connectivity index (χ2v) is 6.53. The fourth-order valence-electron chi connectivity index (χ4n) is 2.04. The van der Waals surface area contributed by atoms with Gasteiger partial charge in [0.15, 0.2) is 0 Å². The van der Waals surface area contributed by atoms with E-state index in [-0.39, 0.29) is 18.6 Å². The molecule has 11 N–H and O–H groups in total. The van der Waals surface area contributed by atoms with Crippen molar-refractivity contribution in [2.45, 2.75) is 43.4 Å². The summed E-state index contributed by atoms with van der Waals surface area (Å²) in [6.07, 6.45) is -0.917. The molecule has 0 rings (SSSR count). The summed E-state index contributed by atoms with van der Waals surface area (Å²) in [5.74, 6) is -6.23. The number of carboxylic acids is 1. The fraction of sp³-hybridized carbons (Fsp3) is 0.600. The quantitative estimate of drug-likeness (QED) is 0.114. The van der Waals surface area contributed by atoms with E-state index in [1.165, 1.54) is 0 Å². The standard InChI is InChI=1S/C15H26N6O8S/c16-6(1-2-10(17)23)12(25)19-7(3-11(18)24)13(26)21-9(5-30)14(27)20-8(4-22)15(28)29/h6-9,22,30H,1-5,16H2,(H2,17,23)(H2,18,24)(H,19,25)(H,20,27)(H,21,26)(H,28,29). The van der Waals surface area contributed by atoms with E-state index < -0.39 is 72.7 Å². The normalized spacial score (nSPS) is 14.5. The van der Waals surface area contributed by atoms with Crippen LogP contribution in [0.15, 0.2) is 0 Å². The number of hydrogen-bond acceptors (Lipinski definition) is 9. The van der Waals surface area contributed by atoms with Crippen molar-refractivity contribution < 1.29 is 39.0 Å². The van der Waals surface area contributed by atoms with Crippen LogP contribution in [-0.2, 0) is 28.8 Å². The molecule has 170 valence electrons. The molecule has 0 aromatic rings. The van der Waals surface area contributed by atoms with E-state index in [4.69, 9.17) is 27.4 Å². The molecule has 0 aliphatic rings. The van der Waals surface area contributed by atoms with Gasteiger partial charge in [-0.2, -0.15) is 12.6 Å². The number of nitrogens with one attached hydrogen (secondary N) is 3. The summed E-state index contributed by atoms with van der Waals surface area (Å²) in [6, 6.07) is -5.67. The summed E-state index contributed by atoms with van der Waals surface area (Å²) in [4.78, 5) is 69.5. The maximum absolute atomic E-state index is 12.4. The molecule has 4 unspecified atom stereocenters. The average Bonchev–Trinajstić information content (AvgIpc) is 2.66. The Labute approximate surface area is 176 Å². The van der Waals surface area contributed by atoms with E-state index in [0.29, 0.717) is 0 Å². The molecule has 4 atom stereocenters. The Morgan fingerprint density at radius 3 is 1.77 bits per heavy atom. The number of carboxylic acid groups (broad SMARTS) is 1. The van der Waals surface area contributed by atoms with Gasteiger partial charge in [0.05, 0.1) is 19.1 Å². The van der Waals surface area contributed by atoms with Crippen LogP contribution < -0.4 is 33.2 Å². The third-order valence-electron chi connectivity index (χ3n) is 3.69. The predicted octanol–water partition coefficient (Wildman–Crippen LogP) is -5.08. The summed E-state index contributed by atoms with van der Waals surface area (Å²) in [6.45, 7) is -0.891. The number of amides is 5. The molecule has 0 saturated carbocycles. The van der Waals surface area contributed by atoms with Crippen LogP contribution in [0.1, 0.15) is 19.3 Å². The minimum absolute atomic E-state index is 0.106. The van der Waals surface area contributed by atoms with Crippen molar-refractivity contribution in [1.82, 2.24) is 16.0 Å². The molecule has 30 heavy (non-hydrogen) atoms. The number of thiol groups is 1. The molecule has 14 nitrogen and oxygen atoms in total. The van der Waals surface area contributed by atoms with E-state index in [0.717, 1.165) is 0 Å². The lowest BCUT2D eigenvalue weighted by molar-refractivity contribution is -0.143. The molecule has 0 saturated heterocycles. The number of aliphatic hydroxyl groups is 1. The molecule has 0 bridgehead atoms. The molecular formula is C15H26N6O8S. The van der Waals surface area contributed by atoms with Crippen LogP contribution in [0.3, 0.4) is 0 Å². The fourth-order valence-corrected chi connectivity index (χ4v) is 2.30. The number of primary amides is 2. The summed E-state index contributed by atoms with van der Waals surface area (Å²) >= 11 is 3.89. The smallest absolute Gasteiger partial charge is 0.328 e. The van der Waals surface area contributed by atoms with Crippen LogP contribution in [0.4, 0.5) is 0 Å². The van der Waals surface area contributed by atoms with Gasteiger partial charge in [-0.3, -0.25) is 24.0 Å². The molecule has 0 fully saturated rings. The summed E-state index contributed by atoms with van der Waals surface area (Å²) in [5, 5.41) is 24.2. The van der Waals surface area contributed by atoms with Gasteiger partial charge in [-0.05, 0) is 6.42 Å². The number of rotatable bonds is 14. The first-order valence-corrected chi connectivity index (χ1v) is 9.23. The number of hydrogen-bond donors (Lipinski definition) is 9. The van der Waals surface area contributed by atoms with Gasteiger partial charge in [-0.25, -0.2) is 4.79 Å². The van der Waals surface area contributed by atoms with E-state index in [2.05, 4.69) is 23.3 Å². The monoisotopic (exact) mass is 450 g/mol. The Hall–Kier alpha value is -2.91. The Morgan fingerprint density at radius 1 is 0.833 bits per heavy atom. The number of carbonyl (C=O) groups excluding carboxylic acids is 5. The first-order chi connectivity index (χ1) is 13.9. The molecule has 0 spiro atoms. The van der Waals surface area contributed by atoms with E-state index in [9.17, 15) is 28.8 Å². The Morgan fingerprint density at radius 2 is 1.33 bits per heavy atom. The molecule has 15 heteroatoms. The minimum Gasteiger partial charge on any atom is -0.480 e. The van der Waals surface area contributed by atoms with Gasteiger partial charge in [0.2, 0.25) is 29.5 Å². The highest BCUT2D eigenvalue weighted by molar-refractivity contribution is 7.80. The Kier molecular flexibility index (Phi) is 12.0. The Bertz CT molecular complexity index is 676. The van der Waals surface area contributed by atoms with Crippen LogP contribution in [0, 0.1) is 0 Å². The van der Waals surface area contributed by atoms with Gasteiger partial charge >= 0.3 is 5.97 Å². The molecule has 0 aromatic carbocycles. The van der Waals surface area contributed by atoms with E-state index in [1.807, 2.05) is 5.32 Å². The first-order valence-electron chi connectivity index (χ1n) is 8.60. The molecule has 0 aliphatic carbocycles. The van der Waals surface area contributed by atoms with Crippen molar-refractivity contribution in [3.05, 3.63) is 0 Å². The predicted molar refractivity (Wildman–Crippen MR) is 105 cm³/mol. The van der Waals surface area contributed by atoms with Crippen molar-refractivity contribution in [2.75, 3.05) is 12.4 Å². The lowest BCUT2D eigenvalue weighted by Gasteiger charge is -2.23. The number of nitrogens with two attached hydrogens (primary N) is 3.